The summed E-state index contributed by atoms with van der Waals surface area (Å²) in [5.41, 5.74) is 2.24. The monoisotopic (exact) mass is 135 g/mol. The summed E-state index contributed by atoms with van der Waals surface area (Å²) in [5, 5.41) is 0. The highest BCUT2D eigenvalue weighted by molar-refractivity contribution is 5.17. The quantitative estimate of drug-likeness (QED) is 0.585. The van der Waals surface area contributed by atoms with Gasteiger partial charge in [-0.2, -0.15) is 0 Å². The van der Waals surface area contributed by atoms with Gasteiger partial charge in [0.25, 0.3) is 0 Å². The average molecular weight is 135 g/mol. The van der Waals surface area contributed by atoms with E-state index in [2.05, 4.69) is 30.1 Å². The van der Waals surface area contributed by atoms with Crippen LogP contribution in [0.5, 0.6) is 0 Å². The van der Waals surface area contributed by atoms with Crippen molar-refractivity contribution < 1.29 is 0 Å². The van der Waals surface area contributed by atoms with Crippen molar-refractivity contribution in [1.82, 2.24) is 9.97 Å². The van der Waals surface area contributed by atoms with E-state index in [9.17, 15) is 0 Å². The third-order valence-electron chi connectivity index (χ3n) is 1.52. The van der Waals surface area contributed by atoms with Crippen molar-refractivity contribution in [2.45, 2.75) is 26.7 Å². The van der Waals surface area contributed by atoms with E-state index in [0.717, 1.165) is 5.69 Å². The fourth-order valence-corrected chi connectivity index (χ4v) is 0.927. The van der Waals surface area contributed by atoms with Gasteiger partial charge in [-0.1, -0.05) is 13.8 Å². The lowest BCUT2D eigenvalue weighted by molar-refractivity contribution is 0.827. The van der Waals surface area contributed by atoms with Crippen molar-refractivity contribution >= 4 is 0 Å². The minimum Gasteiger partial charge on any atom is -0.233 e. The first kappa shape index (κ1) is 7.19. The summed E-state index contributed by atoms with van der Waals surface area (Å²) >= 11 is 0. The minimum atomic E-state index is 0.509. The molecule has 0 aliphatic carbocycles. The molecule has 1 radical (unpaired) electrons. The molecule has 1 aromatic heterocycles. The van der Waals surface area contributed by atoms with Crippen LogP contribution in [-0.4, -0.2) is 9.97 Å². The Morgan fingerprint density at radius 1 is 1.50 bits per heavy atom. The summed E-state index contributed by atoms with van der Waals surface area (Å²) in [5.74, 6) is 0.509. The van der Waals surface area contributed by atoms with Gasteiger partial charge in [0.2, 0.25) is 0 Å². The predicted octanol–water partition coefficient (Wildman–Crippen LogP) is 1.71. The van der Waals surface area contributed by atoms with Gasteiger partial charge in [0.15, 0.2) is 6.33 Å². The minimum absolute atomic E-state index is 0.509. The van der Waals surface area contributed by atoms with E-state index < -0.39 is 0 Å². The maximum atomic E-state index is 3.96. The van der Waals surface area contributed by atoms with Gasteiger partial charge in [0.1, 0.15) is 0 Å². The normalized spacial score (nSPS) is 10.4. The Morgan fingerprint density at radius 3 is 2.60 bits per heavy atom. The summed E-state index contributed by atoms with van der Waals surface area (Å²) in [4.78, 5) is 7.79. The van der Waals surface area contributed by atoms with E-state index >= 15 is 0 Å². The maximum absolute atomic E-state index is 3.96. The van der Waals surface area contributed by atoms with Gasteiger partial charge in [-0.15, -0.1) is 0 Å². The lowest BCUT2D eigenvalue weighted by atomic mass is 10.0. The van der Waals surface area contributed by atoms with Crippen LogP contribution in [0, 0.1) is 13.3 Å². The van der Waals surface area contributed by atoms with Gasteiger partial charge in [0, 0.05) is 11.9 Å². The fraction of sp³-hybridized carbons (Fsp3) is 0.500. The molecule has 1 rings (SSSR count). The lowest BCUT2D eigenvalue weighted by Gasteiger charge is -2.05. The van der Waals surface area contributed by atoms with Crippen molar-refractivity contribution in [2.75, 3.05) is 0 Å². The van der Waals surface area contributed by atoms with Crippen LogP contribution in [0.15, 0.2) is 6.20 Å². The van der Waals surface area contributed by atoms with Crippen molar-refractivity contribution in [2.24, 2.45) is 0 Å². The second kappa shape index (κ2) is 2.78. The first-order valence-electron chi connectivity index (χ1n) is 3.41. The van der Waals surface area contributed by atoms with Crippen LogP contribution >= 0.6 is 0 Å². The Morgan fingerprint density at radius 2 is 2.20 bits per heavy atom. The average Bonchev–Trinajstić information content (AvgIpc) is 1.88. The standard InChI is InChI=1S/C8H11N2/c1-6(2)8-4-9-5-10-7(8)3/h4,6H,1-3H3. The molecule has 0 saturated heterocycles. The Hall–Kier alpha value is -0.920. The zero-order valence-electron chi connectivity index (χ0n) is 6.55. The van der Waals surface area contributed by atoms with Crippen LogP contribution in [0.1, 0.15) is 31.0 Å². The Bertz CT molecular complexity index is 218. The van der Waals surface area contributed by atoms with Gasteiger partial charge in [-0.05, 0) is 18.4 Å². The second-order valence-electron chi connectivity index (χ2n) is 2.67. The third kappa shape index (κ3) is 1.32. The largest absolute Gasteiger partial charge is 0.233 e. The Labute approximate surface area is 61.3 Å². The molecule has 0 saturated carbocycles. The van der Waals surface area contributed by atoms with Crippen molar-refractivity contribution in [3.63, 3.8) is 0 Å². The molecule has 0 unspecified atom stereocenters. The highest BCUT2D eigenvalue weighted by Gasteiger charge is 2.02. The van der Waals surface area contributed by atoms with Crippen molar-refractivity contribution in [1.29, 1.82) is 0 Å². The Kier molecular flexibility index (Phi) is 2.00. The van der Waals surface area contributed by atoms with Gasteiger partial charge in [-0.3, -0.25) is 0 Å². The number of hydrogen-bond acceptors (Lipinski definition) is 2. The van der Waals surface area contributed by atoms with E-state index in [1.54, 1.807) is 0 Å². The van der Waals surface area contributed by atoms with Gasteiger partial charge >= 0.3 is 0 Å². The molecule has 10 heavy (non-hydrogen) atoms. The molecule has 0 aliphatic heterocycles. The summed E-state index contributed by atoms with van der Waals surface area (Å²) in [7, 11) is 0. The molecular formula is C8H11N2. The molecule has 1 heterocycles. The molecule has 0 aliphatic rings. The molecule has 0 atom stereocenters. The molecule has 0 spiro atoms. The van der Waals surface area contributed by atoms with Crippen LogP contribution in [0.4, 0.5) is 0 Å². The second-order valence-corrected chi connectivity index (χ2v) is 2.67. The summed E-state index contributed by atoms with van der Waals surface area (Å²) in [6.07, 6.45) is 4.38. The number of aryl methyl sites for hydroxylation is 1. The number of aromatic nitrogens is 2. The lowest BCUT2D eigenvalue weighted by Crippen LogP contribution is -1.95. The molecule has 0 amide bonds. The molecule has 0 fully saturated rings. The SMILES string of the molecule is Cc1n[c]ncc1C(C)C. The highest BCUT2D eigenvalue weighted by atomic mass is 14.8. The first-order chi connectivity index (χ1) is 4.72. The molecule has 0 N–H and O–H groups in total. The van der Waals surface area contributed by atoms with Crippen LogP contribution in [0.25, 0.3) is 0 Å². The summed E-state index contributed by atoms with van der Waals surface area (Å²) in [6, 6.07) is 0. The van der Waals surface area contributed by atoms with Gasteiger partial charge in [0.05, 0.1) is 0 Å². The number of hydrogen-bond donors (Lipinski definition) is 0. The number of nitrogens with zero attached hydrogens (tertiary/aromatic N) is 2. The molecule has 2 nitrogen and oxygen atoms in total. The van der Waals surface area contributed by atoms with E-state index in [-0.39, 0.29) is 0 Å². The van der Waals surface area contributed by atoms with Crippen LogP contribution in [-0.2, 0) is 0 Å². The summed E-state index contributed by atoms with van der Waals surface area (Å²) in [6.45, 7) is 6.24. The van der Waals surface area contributed by atoms with Crippen LogP contribution in [0.2, 0.25) is 0 Å². The van der Waals surface area contributed by atoms with Crippen molar-refractivity contribution in [3.05, 3.63) is 23.8 Å². The topological polar surface area (TPSA) is 25.8 Å². The first-order valence-corrected chi connectivity index (χ1v) is 3.41. The zero-order chi connectivity index (χ0) is 7.56. The highest BCUT2D eigenvalue weighted by Crippen LogP contribution is 2.14. The molecular weight excluding hydrogens is 124 g/mol. The molecule has 1 aromatic rings. The maximum Gasteiger partial charge on any atom is 0.197 e. The Balaban J connectivity index is 3.03. The number of rotatable bonds is 1. The van der Waals surface area contributed by atoms with Crippen LogP contribution < -0.4 is 0 Å². The van der Waals surface area contributed by atoms with Gasteiger partial charge in [-0.25, -0.2) is 9.97 Å². The van der Waals surface area contributed by atoms with Gasteiger partial charge < -0.3 is 0 Å². The molecule has 2 heteroatoms. The van der Waals surface area contributed by atoms with E-state index in [1.165, 1.54) is 5.56 Å². The fourth-order valence-electron chi connectivity index (χ4n) is 0.927. The smallest absolute Gasteiger partial charge is 0.197 e. The summed E-state index contributed by atoms with van der Waals surface area (Å²) < 4.78 is 0. The molecule has 53 valence electrons. The predicted molar refractivity (Wildman–Crippen MR) is 39.7 cm³/mol. The van der Waals surface area contributed by atoms with E-state index in [0.29, 0.717) is 5.92 Å². The molecule has 0 bridgehead atoms. The van der Waals surface area contributed by atoms with Crippen molar-refractivity contribution in [3.8, 4) is 0 Å². The van der Waals surface area contributed by atoms with Crippen LogP contribution in [0.3, 0.4) is 0 Å². The third-order valence-corrected chi connectivity index (χ3v) is 1.52. The van der Waals surface area contributed by atoms with E-state index in [1.807, 2.05) is 13.1 Å². The zero-order valence-corrected chi connectivity index (χ0v) is 6.55. The van der Waals surface area contributed by atoms with E-state index in [4.69, 9.17) is 0 Å². The molecule has 0 aromatic carbocycles.